The Hall–Kier alpha value is -0.0400. The second kappa shape index (κ2) is 5.64. The fraction of sp³-hybridized carbons (Fsp3) is 1.00. The fourth-order valence-corrected chi connectivity index (χ4v) is 2.27. The van der Waals surface area contributed by atoms with Crippen LogP contribution in [0.25, 0.3) is 0 Å². The van der Waals surface area contributed by atoms with Crippen molar-refractivity contribution in [2.75, 3.05) is 13.2 Å². The van der Waals surface area contributed by atoms with Gasteiger partial charge in [-0.05, 0) is 31.1 Å². The van der Waals surface area contributed by atoms with Gasteiger partial charge in [-0.1, -0.05) is 33.1 Å². The molecule has 0 spiro atoms. The summed E-state index contributed by atoms with van der Waals surface area (Å²) in [5, 5.41) is 0. The van der Waals surface area contributed by atoms with Gasteiger partial charge in [0.15, 0.2) is 0 Å². The molecule has 1 rings (SSSR count). The quantitative estimate of drug-likeness (QED) is 0.646. The summed E-state index contributed by atoms with van der Waals surface area (Å²) in [5.74, 6) is 0. The van der Waals surface area contributed by atoms with Gasteiger partial charge in [-0.15, -0.1) is 0 Å². The lowest BCUT2D eigenvalue weighted by Crippen LogP contribution is -2.24. The van der Waals surface area contributed by atoms with Gasteiger partial charge in [0, 0.05) is 6.61 Å². The molecule has 1 heteroatoms. The average Bonchev–Trinajstić information content (AvgIpc) is 2.41. The third kappa shape index (κ3) is 3.30. The first kappa shape index (κ1) is 11.0. The molecule has 78 valence electrons. The fourth-order valence-electron chi connectivity index (χ4n) is 2.27. The van der Waals surface area contributed by atoms with Crippen molar-refractivity contribution in [3.63, 3.8) is 0 Å². The van der Waals surface area contributed by atoms with E-state index in [1.165, 1.54) is 44.9 Å². The van der Waals surface area contributed by atoms with Crippen LogP contribution in [0.5, 0.6) is 0 Å². The van der Waals surface area contributed by atoms with Gasteiger partial charge in [0.25, 0.3) is 0 Å². The van der Waals surface area contributed by atoms with Crippen LogP contribution in [0, 0.1) is 5.41 Å². The Balaban J connectivity index is 2.43. The summed E-state index contributed by atoms with van der Waals surface area (Å²) >= 11 is 0. The second-order valence-corrected chi connectivity index (χ2v) is 4.47. The van der Waals surface area contributed by atoms with Crippen molar-refractivity contribution in [2.45, 2.75) is 58.8 Å². The topological polar surface area (TPSA) is 9.23 Å². The first-order valence-electron chi connectivity index (χ1n) is 5.91. The molecule has 1 aliphatic heterocycles. The highest BCUT2D eigenvalue weighted by Crippen LogP contribution is 2.36. The summed E-state index contributed by atoms with van der Waals surface area (Å²) in [4.78, 5) is 0. The zero-order valence-corrected chi connectivity index (χ0v) is 9.27. The number of hydrogen-bond acceptors (Lipinski definition) is 1. The normalized spacial score (nSPS) is 30.0. The highest BCUT2D eigenvalue weighted by Gasteiger charge is 2.28. The first-order chi connectivity index (χ1) is 6.33. The molecule has 1 aliphatic rings. The lowest BCUT2D eigenvalue weighted by molar-refractivity contribution is 0.0500. The van der Waals surface area contributed by atoms with E-state index in [-0.39, 0.29) is 0 Å². The summed E-state index contributed by atoms with van der Waals surface area (Å²) in [7, 11) is 0. The molecule has 1 unspecified atom stereocenters. The zero-order valence-electron chi connectivity index (χ0n) is 9.27. The SMILES string of the molecule is CCCCC1(CC)CCCCOC1. The van der Waals surface area contributed by atoms with Gasteiger partial charge in [-0.25, -0.2) is 0 Å². The van der Waals surface area contributed by atoms with Crippen molar-refractivity contribution >= 4 is 0 Å². The van der Waals surface area contributed by atoms with Crippen LogP contribution >= 0.6 is 0 Å². The van der Waals surface area contributed by atoms with Gasteiger partial charge in [0.05, 0.1) is 6.61 Å². The van der Waals surface area contributed by atoms with Gasteiger partial charge < -0.3 is 4.74 Å². The van der Waals surface area contributed by atoms with Crippen LogP contribution in [0.1, 0.15) is 58.8 Å². The highest BCUT2D eigenvalue weighted by molar-refractivity contribution is 4.79. The molecule has 0 saturated carbocycles. The van der Waals surface area contributed by atoms with E-state index < -0.39 is 0 Å². The summed E-state index contributed by atoms with van der Waals surface area (Å²) in [6.07, 6.45) is 9.40. The summed E-state index contributed by atoms with van der Waals surface area (Å²) in [5.41, 5.74) is 0.534. The van der Waals surface area contributed by atoms with Crippen LogP contribution in [0.2, 0.25) is 0 Å². The first-order valence-corrected chi connectivity index (χ1v) is 5.91. The maximum Gasteiger partial charge on any atom is 0.0522 e. The predicted molar refractivity (Wildman–Crippen MR) is 56.9 cm³/mol. The maximum absolute atomic E-state index is 5.70. The molecular weight excluding hydrogens is 160 g/mol. The third-order valence-electron chi connectivity index (χ3n) is 3.46. The second-order valence-electron chi connectivity index (χ2n) is 4.47. The van der Waals surface area contributed by atoms with E-state index in [0.29, 0.717) is 5.41 Å². The monoisotopic (exact) mass is 184 g/mol. The van der Waals surface area contributed by atoms with E-state index >= 15 is 0 Å². The molecule has 1 atom stereocenters. The van der Waals surface area contributed by atoms with Crippen molar-refractivity contribution in [1.82, 2.24) is 0 Å². The Labute approximate surface area is 82.9 Å². The van der Waals surface area contributed by atoms with E-state index in [1.54, 1.807) is 0 Å². The number of hydrogen-bond donors (Lipinski definition) is 0. The van der Waals surface area contributed by atoms with Crippen molar-refractivity contribution in [1.29, 1.82) is 0 Å². The highest BCUT2D eigenvalue weighted by atomic mass is 16.5. The Bertz CT molecular complexity index is 123. The van der Waals surface area contributed by atoms with Crippen LogP contribution in [-0.4, -0.2) is 13.2 Å². The molecule has 0 aromatic carbocycles. The van der Waals surface area contributed by atoms with Crippen molar-refractivity contribution in [3.05, 3.63) is 0 Å². The molecule has 0 aliphatic carbocycles. The molecule has 1 fully saturated rings. The molecule has 0 bridgehead atoms. The predicted octanol–water partition coefficient (Wildman–Crippen LogP) is 3.77. The maximum atomic E-state index is 5.70. The van der Waals surface area contributed by atoms with E-state index in [2.05, 4.69) is 13.8 Å². The minimum Gasteiger partial charge on any atom is -0.381 e. The largest absolute Gasteiger partial charge is 0.381 e. The van der Waals surface area contributed by atoms with Crippen LogP contribution < -0.4 is 0 Å². The molecule has 1 nitrogen and oxygen atoms in total. The van der Waals surface area contributed by atoms with E-state index in [4.69, 9.17) is 4.74 Å². The third-order valence-corrected chi connectivity index (χ3v) is 3.46. The van der Waals surface area contributed by atoms with Crippen molar-refractivity contribution in [3.8, 4) is 0 Å². The summed E-state index contributed by atoms with van der Waals surface area (Å²) in [6, 6.07) is 0. The lowest BCUT2D eigenvalue weighted by Gasteiger charge is -2.30. The molecule has 0 aromatic rings. The summed E-state index contributed by atoms with van der Waals surface area (Å²) in [6.45, 7) is 6.61. The lowest BCUT2D eigenvalue weighted by atomic mass is 9.77. The zero-order chi connectivity index (χ0) is 9.57. The van der Waals surface area contributed by atoms with Gasteiger partial charge >= 0.3 is 0 Å². The average molecular weight is 184 g/mol. The van der Waals surface area contributed by atoms with Crippen molar-refractivity contribution in [2.24, 2.45) is 5.41 Å². The molecular formula is C12H24O. The van der Waals surface area contributed by atoms with Crippen molar-refractivity contribution < 1.29 is 4.74 Å². The number of rotatable bonds is 4. The molecule has 0 radical (unpaired) electrons. The Morgan fingerprint density at radius 1 is 1.23 bits per heavy atom. The van der Waals surface area contributed by atoms with Crippen LogP contribution in [0.4, 0.5) is 0 Å². The molecule has 0 N–H and O–H groups in total. The summed E-state index contributed by atoms with van der Waals surface area (Å²) < 4.78 is 5.70. The minimum absolute atomic E-state index is 0.534. The Morgan fingerprint density at radius 2 is 2.08 bits per heavy atom. The standard InChI is InChI=1S/C12H24O/c1-3-5-8-12(4-2)9-6-7-10-13-11-12/h3-11H2,1-2H3. The van der Waals surface area contributed by atoms with Gasteiger partial charge in [-0.3, -0.25) is 0 Å². The minimum atomic E-state index is 0.534. The molecule has 0 amide bonds. The molecule has 13 heavy (non-hydrogen) atoms. The molecule has 1 saturated heterocycles. The Kier molecular flexibility index (Phi) is 4.79. The van der Waals surface area contributed by atoms with Crippen LogP contribution in [-0.2, 0) is 4.74 Å². The van der Waals surface area contributed by atoms with E-state index in [9.17, 15) is 0 Å². The smallest absolute Gasteiger partial charge is 0.0522 e. The number of unbranched alkanes of at least 4 members (excludes halogenated alkanes) is 1. The van der Waals surface area contributed by atoms with Gasteiger partial charge in [0.1, 0.15) is 0 Å². The van der Waals surface area contributed by atoms with E-state index in [1.807, 2.05) is 0 Å². The molecule has 0 aromatic heterocycles. The van der Waals surface area contributed by atoms with Crippen LogP contribution in [0.3, 0.4) is 0 Å². The molecule has 1 heterocycles. The van der Waals surface area contributed by atoms with E-state index in [0.717, 1.165) is 13.2 Å². The van der Waals surface area contributed by atoms with Gasteiger partial charge in [-0.2, -0.15) is 0 Å². The number of ether oxygens (including phenoxy) is 1. The van der Waals surface area contributed by atoms with Gasteiger partial charge in [0.2, 0.25) is 0 Å². The Morgan fingerprint density at radius 3 is 2.77 bits per heavy atom. The van der Waals surface area contributed by atoms with Crippen LogP contribution in [0.15, 0.2) is 0 Å².